The fourth-order valence-electron chi connectivity index (χ4n) is 2.85. The second kappa shape index (κ2) is 13.9. The van der Waals surface area contributed by atoms with Gasteiger partial charge in [-0.15, -0.1) is 0 Å². The summed E-state index contributed by atoms with van der Waals surface area (Å²) in [6.45, 7) is 5.02. The molecule has 0 fully saturated rings. The van der Waals surface area contributed by atoms with Gasteiger partial charge in [0.15, 0.2) is 0 Å². The van der Waals surface area contributed by atoms with Crippen molar-refractivity contribution in [1.82, 2.24) is 0 Å². The van der Waals surface area contributed by atoms with E-state index in [1.165, 1.54) is 37.3 Å². The Hall–Kier alpha value is -2.73. The van der Waals surface area contributed by atoms with E-state index in [1.54, 1.807) is 19.1 Å². The highest BCUT2D eigenvalue weighted by Crippen LogP contribution is 2.36. The Morgan fingerprint density at radius 2 is 0.947 bits per heavy atom. The van der Waals surface area contributed by atoms with E-state index >= 15 is 0 Å². The van der Waals surface area contributed by atoms with Gasteiger partial charge in [0.1, 0.15) is 11.6 Å². The van der Waals surface area contributed by atoms with Crippen LogP contribution in [0.5, 0.6) is 0 Å². The van der Waals surface area contributed by atoms with Gasteiger partial charge in [-0.1, -0.05) is 35.9 Å². The third kappa shape index (κ3) is 10.6. The van der Waals surface area contributed by atoms with Crippen molar-refractivity contribution in [2.24, 2.45) is 17.2 Å². The maximum absolute atomic E-state index is 12.8. The molecule has 0 aliphatic rings. The second-order valence-corrected chi connectivity index (χ2v) is 8.80. The summed E-state index contributed by atoms with van der Waals surface area (Å²) >= 11 is 5.42. The van der Waals surface area contributed by atoms with Crippen LogP contribution in [0.1, 0.15) is 66.7 Å². The fraction of sp³-hybridized carbons (Fsp3) is 0.308. The smallest absolute Gasteiger partial charge is 0.324 e. The Balaban J connectivity index is 0.000000290. The summed E-state index contributed by atoms with van der Waals surface area (Å²) in [6.07, 6.45) is -9.10. The number of hydrogen-bond donors (Lipinski definition) is 3. The molecule has 3 nitrogen and oxygen atoms in total. The first kappa shape index (κ1) is 33.3. The molecule has 210 valence electrons. The lowest BCUT2D eigenvalue weighted by molar-refractivity contribution is -0.140. The predicted molar refractivity (Wildman–Crippen MR) is 132 cm³/mol. The van der Waals surface area contributed by atoms with Gasteiger partial charge in [0.25, 0.3) is 0 Å². The molecule has 0 bridgehead atoms. The first-order valence-electron chi connectivity index (χ1n) is 11.1. The van der Waals surface area contributed by atoms with Gasteiger partial charge in [0.05, 0.1) is 16.1 Å². The van der Waals surface area contributed by atoms with Gasteiger partial charge in [-0.2, -0.15) is 26.3 Å². The summed E-state index contributed by atoms with van der Waals surface area (Å²) < 4.78 is 98.8. The number of benzene rings is 3. The highest BCUT2D eigenvalue weighted by molar-refractivity contribution is 6.31. The van der Waals surface area contributed by atoms with Crippen LogP contribution in [0.25, 0.3) is 0 Å². The molecule has 0 aliphatic carbocycles. The maximum Gasteiger partial charge on any atom is 0.419 e. The summed E-state index contributed by atoms with van der Waals surface area (Å²) in [5.74, 6) is -1.49. The molecule has 0 radical (unpaired) electrons. The largest absolute Gasteiger partial charge is 0.419 e. The van der Waals surface area contributed by atoms with Crippen LogP contribution in [0.15, 0.2) is 60.7 Å². The Bertz CT molecular complexity index is 1090. The van der Waals surface area contributed by atoms with Crippen molar-refractivity contribution in [2.45, 2.75) is 51.2 Å². The molecule has 0 aliphatic heterocycles. The average molecular weight is 570 g/mol. The van der Waals surface area contributed by atoms with E-state index in [-0.39, 0.29) is 22.4 Å². The first-order valence-corrected chi connectivity index (χ1v) is 11.5. The van der Waals surface area contributed by atoms with E-state index in [9.17, 15) is 35.1 Å². The van der Waals surface area contributed by atoms with Crippen molar-refractivity contribution >= 4 is 11.6 Å². The minimum atomic E-state index is -4.67. The molecule has 0 aromatic heterocycles. The van der Waals surface area contributed by atoms with Crippen LogP contribution in [0, 0.1) is 11.6 Å². The van der Waals surface area contributed by atoms with Gasteiger partial charge in [0.2, 0.25) is 0 Å². The molecular formula is C26H28ClF8N3. The van der Waals surface area contributed by atoms with Gasteiger partial charge >= 0.3 is 12.4 Å². The number of hydrogen-bond acceptors (Lipinski definition) is 3. The molecular weight excluding hydrogens is 542 g/mol. The molecule has 3 atom stereocenters. The van der Waals surface area contributed by atoms with Gasteiger partial charge in [-0.25, -0.2) is 8.78 Å². The van der Waals surface area contributed by atoms with E-state index < -0.39 is 41.4 Å². The Labute approximate surface area is 220 Å². The Morgan fingerprint density at radius 1 is 0.579 bits per heavy atom. The number of nitrogens with two attached hydrogens (primary N) is 3. The zero-order chi connectivity index (χ0) is 29.4. The molecule has 0 heterocycles. The van der Waals surface area contributed by atoms with Crippen LogP contribution in [0.3, 0.4) is 0 Å². The third-order valence-corrected chi connectivity index (χ3v) is 5.37. The average Bonchev–Trinajstić information content (AvgIpc) is 2.79. The normalized spacial score (nSPS) is 13.9. The third-order valence-electron chi connectivity index (χ3n) is 5.04. The monoisotopic (exact) mass is 569 g/mol. The van der Waals surface area contributed by atoms with E-state index in [0.29, 0.717) is 5.56 Å². The van der Waals surface area contributed by atoms with E-state index in [4.69, 9.17) is 28.8 Å². The van der Waals surface area contributed by atoms with Gasteiger partial charge in [-0.05, 0) is 73.9 Å². The number of rotatable bonds is 3. The summed E-state index contributed by atoms with van der Waals surface area (Å²) in [7, 11) is 0. The lowest BCUT2D eigenvalue weighted by atomic mass is 10.1. The molecule has 3 aromatic carbocycles. The molecule has 3 unspecified atom stereocenters. The van der Waals surface area contributed by atoms with Crippen molar-refractivity contribution in [3.05, 3.63) is 105 Å². The SMILES string of the molecule is CC(N)c1ccc(Cl)c(C(F)(F)F)c1.CC(N)c1ccc(F)c(C(F)(F)F)c1.CC(N)c1ccc(F)cc1. The highest BCUT2D eigenvalue weighted by Gasteiger charge is 2.34. The van der Waals surface area contributed by atoms with Crippen LogP contribution < -0.4 is 17.2 Å². The van der Waals surface area contributed by atoms with E-state index in [2.05, 4.69) is 0 Å². The molecule has 12 heteroatoms. The summed E-state index contributed by atoms with van der Waals surface area (Å²) in [5.41, 5.74) is 15.9. The predicted octanol–water partition coefficient (Wildman–Crippen LogP) is 8.09. The van der Waals surface area contributed by atoms with Gasteiger partial charge < -0.3 is 17.2 Å². The van der Waals surface area contributed by atoms with E-state index in [0.717, 1.165) is 23.8 Å². The van der Waals surface area contributed by atoms with Crippen molar-refractivity contribution in [3.63, 3.8) is 0 Å². The fourth-order valence-corrected chi connectivity index (χ4v) is 3.08. The van der Waals surface area contributed by atoms with Crippen molar-refractivity contribution in [1.29, 1.82) is 0 Å². The lowest BCUT2D eigenvalue weighted by Crippen LogP contribution is -2.11. The lowest BCUT2D eigenvalue weighted by Gasteiger charge is -2.12. The van der Waals surface area contributed by atoms with Crippen molar-refractivity contribution < 1.29 is 35.1 Å². The van der Waals surface area contributed by atoms with Crippen LogP contribution >= 0.6 is 11.6 Å². The van der Waals surface area contributed by atoms with Crippen LogP contribution in [-0.4, -0.2) is 0 Å². The summed E-state index contributed by atoms with van der Waals surface area (Å²) in [5, 5.41) is -0.304. The molecule has 0 saturated heterocycles. The minimum absolute atomic E-state index is 0.0133. The van der Waals surface area contributed by atoms with Crippen molar-refractivity contribution in [3.8, 4) is 0 Å². The number of alkyl halides is 6. The molecule has 0 spiro atoms. The topological polar surface area (TPSA) is 78.1 Å². The molecule has 3 rings (SSSR count). The van der Waals surface area contributed by atoms with Crippen molar-refractivity contribution in [2.75, 3.05) is 0 Å². The molecule has 0 amide bonds. The zero-order valence-corrected chi connectivity index (χ0v) is 21.4. The zero-order valence-electron chi connectivity index (χ0n) is 20.6. The maximum atomic E-state index is 12.8. The Kier molecular flexibility index (Phi) is 12.2. The summed E-state index contributed by atoms with van der Waals surface area (Å²) in [4.78, 5) is 0. The minimum Gasteiger partial charge on any atom is -0.324 e. The number of halogens is 9. The quantitative estimate of drug-likeness (QED) is 0.279. The van der Waals surface area contributed by atoms with Crippen LogP contribution in [0.4, 0.5) is 35.1 Å². The van der Waals surface area contributed by atoms with Gasteiger partial charge in [-0.3, -0.25) is 0 Å². The van der Waals surface area contributed by atoms with Gasteiger partial charge in [0, 0.05) is 18.1 Å². The molecule has 38 heavy (non-hydrogen) atoms. The second-order valence-electron chi connectivity index (χ2n) is 8.39. The van der Waals surface area contributed by atoms with Crippen LogP contribution in [0.2, 0.25) is 5.02 Å². The van der Waals surface area contributed by atoms with Crippen LogP contribution in [-0.2, 0) is 12.4 Å². The first-order chi connectivity index (χ1) is 17.3. The Morgan fingerprint density at radius 3 is 1.34 bits per heavy atom. The molecule has 6 N–H and O–H groups in total. The van der Waals surface area contributed by atoms with E-state index in [1.807, 2.05) is 6.92 Å². The summed E-state index contributed by atoms with van der Waals surface area (Å²) in [6, 6.07) is 11.7. The molecule has 0 saturated carbocycles. The molecule has 3 aromatic rings. The standard InChI is InChI=1S/C9H9ClF3N.C9H9F4N.C8H10FN/c2*1-5(14)6-2-3-8(10)7(4-6)9(11,12)13;1-6(10)7-2-4-8(9)5-3-7/h2*2-5H,14H2,1H3;2-6H,10H2,1H3. The highest BCUT2D eigenvalue weighted by atomic mass is 35.5.